The van der Waals surface area contributed by atoms with Crippen LogP contribution in [0.25, 0.3) is 0 Å². The minimum Gasteiger partial charge on any atom is -0.322 e. The number of aldehydes is 1. The molecule has 0 bridgehead atoms. The van der Waals surface area contributed by atoms with Crippen LogP contribution in [0.3, 0.4) is 0 Å². The first-order valence-electron chi connectivity index (χ1n) is 7.77. The summed E-state index contributed by atoms with van der Waals surface area (Å²) in [6.07, 6.45) is 4.01. The first-order valence-corrected chi connectivity index (χ1v) is 8.15. The number of carbonyl (C=O) groups excluding carboxylic acids is 1. The number of likely N-dealkylation sites (tertiary alicyclic amines) is 1. The summed E-state index contributed by atoms with van der Waals surface area (Å²) in [5, 5.41) is 0.802. The van der Waals surface area contributed by atoms with Crippen LogP contribution in [0.2, 0.25) is 5.02 Å². The third-order valence-corrected chi connectivity index (χ3v) is 4.60. The predicted molar refractivity (Wildman–Crippen MR) is 94.9 cm³/mol. The third-order valence-electron chi connectivity index (χ3n) is 4.35. The van der Waals surface area contributed by atoms with Crippen molar-refractivity contribution in [2.24, 2.45) is 11.7 Å². The highest BCUT2D eigenvalue weighted by Crippen LogP contribution is 2.29. The number of nitrogens with zero attached hydrogens (tertiary/aromatic N) is 1. The molecule has 3 nitrogen and oxygen atoms in total. The van der Waals surface area contributed by atoms with Crippen LogP contribution in [0.15, 0.2) is 24.3 Å². The zero-order valence-electron chi connectivity index (χ0n) is 13.1. The van der Waals surface area contributed by atoms with Crippen LogP contribution in [0.1, 0.15) is 37.7 Å². The number of carbonyl (C=O) groups is 1. The van der Waals surface area contributed by atoms with E-state index < -0.39 is 0 Å². The van der Waals surface area contributed by atoms with Gasteiger partial charge in [-0.1, -0.05) is 30.7 Å². The molecule has 1 aromatic carbocycles. The number of halogens is 2. The van der Waals surface area contributed by atoms with Crippen molar-refractivity contribution < 1.29 is 4.79 Å². The Labute approximate surface area is 144 Å². The summed E-state index contributed by atoms with van der Waals surface area (Å²) < 4.78 is 0. The summed E-state index contributed by atoms with van der Waals surface area (Å²) in [5.41, 5.74) is 7.09. The van der Waals surface area contributed by atoms with Gasteiger partial charge in [0.05, 0.1) is 6.04 Å². The summed E-state index contributed by atoms with van der Waals surface area (Å²) in [6, 6.07) is 7.94. The van der Waals surface area contributed by atoms with Crippen molar-refractivity contribution >= 4 is 30.3 Å². The SMILES string of the molecule is CC(CC(N)C=O)CN1CCC(c2ccc(Cl)cc2)CC1.Cl. The molecule has 0 spiro atoms. The molecule has 0 aliphatic carbocycles. The molecule has 0 radical (unpaired) electrons. The minimum atomic E-state index is -0.313. The zero-order chi connectivity index (χ0) is 15.2. The van der Waals surface area contributed by atoms with Gasteiger partial charge >= 0.3 is 0 Å². The fraction of sp³-hybridized carbons (Fsp3) is 0.588. The Balaban J connectivity index is 0.00000242. The van der Waals surface area contributed by atoms with E-state index in [1.54, 1.807) is 0 Å². The van der Waals surface area contributed by atoms with Crippen LogP contribution < -0.4 is 5.73 Å². The van der Waals surface area contributed by atoms with Crippen molar-refractivity contribution in [3.63, 3.8) is 0 Å². The predicted octanol–water partition coefficient (Wildman–Crippen LogP) is 3.49. The molecule has 0 saturated carbocycles. The van der Waals surface area contributed by atoms with E-state index in [1.165, 1.54) is 18.4 Å². The lowest BCUT2D eigenvalue weighted by molar-refractivity contribution is -0.109. The molecule has 1 heterocycles. The number of benzene rings is 1. The number of nitrogens with two attached hydrogens (primary N) is 1. The van der Waals surface area contributed by atoms with Crippen LogP contribution in [-0.2, 0) is 4.79 Å². The second-order valence-corrected chi connectivity index (χ2v) is 6.70. The maximum absolute atomic E-state index is 10.6. The molecule has 1 aliphatic rings. The lowest BCUT2D eigenvalue weighted by Gasteiger charge is -2.34. The second-order valence-electron chi connectivity index (χ2n) is 6.27. The van der Waals surface area contributed by atoms with Crippen LogP contribution >= 0.6 is 24.0 Å². The highest BCUT2D eigenvalue weighted by molar-refractivity contribution is 6.30. The van der Waals surface area contributed by atoms with Crippen molar-refractivity contribution in [1.82, 2.24) is 4.90 Å². The molecule has 22 heavy (non-hydrogen) atoms. The van der Waals surface area contributed by atoms with Gasteiger partial charge in [0.2, 0.25) is 0 Å². The Kier molecular flexibility index (Phi) is 8.40. The van der Waals surface area contributed by atoms with E-state index in [0.29, 0.717) is 11.8 Å². The molecule has 2 unspecified atom stereocenters. The molecule has 2 rings (SSSR count). The smallest absolute Gasteiger partial charge is 0.136 e. The van der Waals surface area contributed by atoms with E-state index in [-0.39, 0.29) is 18.4 Å². The molecular weight excluding hydrogens is 319 g/mol. The highest BCUT2D eigenvalue weighted by Gasteiger charge is 2.22. The number of rotatable bonds is 6. The van der Waals surface area contributed by atoms with Gasteiger partial charge in [0, 0.05) is 11.6 Å². The zero-order valence-corrected chi connectivity index (χ0v) is 14.7. The van der Waals surface area contributed by atoms with Crippen molar-refractivity contribution in [2.45, 2.75) is 38.1 Å². The lowest BCUT2D eigenvalue weighted by atomic mass is 9.89. The molecule has 1 aliphatic heterocycles. The summed E-state index contributed by atoms with van der Waals surface area (Å²) >= 11 is 5.94. The van der Waals surface area contributed by atoms with Gasteiger partial charge in [0.1, 0.15) is 6.29 Å². The Morgan fingerprint density at radius 2 is 1.91 bits per heavy atom. The van der Waals surface area contributed by atoms with Gasteiger partial charge in [-0.25, -0.2) is 0 Å². The van der Waals surface area contributed by atoms with E-state index >= 15 is 0 Å². The summed E-state index contributed by atoms with van der Waals surface area (Å²) in [6.45, 7) is 5.45. The van der Waals surface area contributed by atoms with E-state index in [2.05, 4.69) is 24.0 Å². The Morgan fingerprint density at radius 3 is 2.45 bits per heavy atom. The van der Waals surface area contributed by atoms with Crippen molar-refractivity contribution in [2.75, 3.05) is 19.6 Å². The van der Waals surface area contributed by atoms with Crippen molar-refractivity contribution in [3.05, 3.63) is 34.9 Å². The van der Waals surface area contributed by atoms with Crippen LogP contribution in [0, 0.1) is 5.92 Å². The summed E-state index contributed by atoms with van der Waals surface area (Å²) in [7, 11) is 0. The molecule has 5 heteroatoms. The molecule has 1 fully saturated rings. The van der Waals surface area contributed by atoms with Crippen LogP contribution in [0.5, 0.6) is 0 Å². The average Bonchev–Trinajstić information content (AvgIpc) is 2.48. The first-order chi connectivity index (χ1) is 10.1. The molecule has 2 N–H and O–H groups in total. The Hall–Kier alpha value is -0.610. The maximum Gasteiger partial charge on any atom is 0.136 e. The molecule has 1 aromatic rings. The summed E-state index contributed by atoms with van der Waals surface area (Å²) in [5.74, 6) is 1.11. The number of hydrogen-bond acceptors (Lipinski definition) is 3. The third kappa shape index (κ3) is 5.88. The second kappa shape index (κ2) is 9.51. The number of hydrogen-bond donors (Lipinski definition) is 1. The molecular formula is C17H26Cl2N2O. The van der Waals surface area contributed by atoms with E-state index in [4.69, 9.17) is 17.3 Å². The van der Waals surface area contributed by atoms with E-state index in [9.17, 15) is 4.79 Å². The number of piperidine rings is 1. The minimum absolute atomic E-state index is 0. The molecule has 1 saturated heterocycles. The quantitative estimate of drug-likeness (QED) is 0.803. The Morgan fingerprint density at radius 1 is 1.32 bits per heavy atom. The topological polar surface area (TPSA) is 46.3 Å². The maximum atomic E-state index is 10.6. The van der Waals surface area contributed by atoms with Crippen molar-refractivity contribution in [1.29, 1.82) is 0 Å². The highest BCUT2D eigenvalue weighted by atomic mass is 35.5. The average molecular weight is 345 g/mol. The summed E-state index contributed by atoms with van der Waals surface area (Å²) in [4.78, 5) is 13.1. The van der Waals surface area contributed by atoms with Crippen LogP contribution in [-0.4, -0.2) is 36.9 Å². The van der Waals surface area contributed by atoms with Gasteiger partial charge in [-0.05, 0) is 61.9 Å². The van der Waals surface area contributed by atoms with Gasteiger partial charge < -0.3 is 15.4 Å². The monoisotopic (exact) mass is 344 g/mol. The van der Waals surface area contributed by atoms with Gasteiger partial charge in [-0.2, -0.15) is 0 Å². The largest absolute Gasteiger partial charge is 0.322 e. The Bertz CT molecular complexity index is 444. The first kappa shape index (κ1) is 19.4. The normalized spacial score (nSPS) is 19.2. The van der Waals surface area contributed by atoms with Crippen LogP contribution in [0.4, 0.5) is 0 Å². The van der Waals surface area contributed by atoms with Gasteiger partial charge in [-0.3, -0.25) is 0 Å². The molecule has 2 atom stereocenters. The molecule has 0 aromatic heterocycles. The lowest BCUT2D eigenvalue weighted by Crippen LogP contribution is -2.37. The fourth-order valence-electron chi connectivity index (χ4n) is 3.22. The molecule has 0 amide bonds. The van der Waals surface area contributed by atoms with Crippen molar-refractivity contribution in [3.8, 4) is 0 Å². The molecule has 124 valence electrons. The standard InChI is InChI=1S/C17H25ClN2O.ClH/c1-13(10-17(19)12-21)11-20-8-6-15(7-9-20)14-2-4-16(18)5-3-14;/h2-5,12-13,15,17H,6-11,19H2,1H3;1H. The van der Waals surface area contributed by atoms with Gasteiger partial charge in [0.25, 0.3) is 0 Å². The van der Waals surface area contributed by atoms with Gasteiger partial charge in [0.15, 0.2) is 0 Å². The van der Waals surface area contributed by atoms with E-state index in [1.807, 2.05) is 12.1 Å². The van der Waals surface area contributed by atoms with E-state index in [0.717, 1.165) is 37.4 Å². The fourth-order valence-corrected chi connectivity index (χ4v) is 3.35. The van der Waals surface area contributed by atoms with Gasteiger partial charge in [-0.15, -0.1) is 12.4 Å².